The molecule has 0 heterocycles. The van der Waals surface area contributed by atoms with Gasteiger partial charge in [0, 0.05) is 6.42 Å². The van der Waals surface area contributed by atoms with E-state index in [-0.39, 0.29) is 0 Å². The van der Waals surface area contributed by atoms with Gasteiger partial charge in [0.05, 0.1) is 5.76 Å². The van der Waals surface area contributed by atoms with E-state index < -0.39 is 0 Å². The molecule has 0 amide bonds. The van der Waals surface area contributed by atoms with Gasteiger partial charge in [-0.05, 0) is 31.9 Å². The lowest BCUT2D eigenvalue weighted by Crippen LogP contribution is -1.93. The summed E-state index contributed by atoms with van der Waals surface area (Å²) < 4.78 is 5.45. The zero-order valence-corrected chi connectivity index (χ0v) is 7.52. The van der Waals surface area contributed by atoms with Crippen LogP contribution in [0, 0.1) is 0 Å². The Balaban J connectivity index is 2.31. The molecule has 0 aliphatic heterocycles. The van der Waals surface area contributed by atoms with E-state index in [4.69, 9.17) is 4.43 Å². The minimum Gasteiger partial charge on any atom is -0.544 e. The highest BCUT2D eigenvalue weighted by atomic mass is 28.2. The minimum atomic E-state index is 0.617. The summed E-state index contributed by atoms with van der Waals surface area (Å²) in [5.74, 6) is 1.23. The second kappa shape index (κ2) is 4.55. The third-order valence-electron chi connectivity index (χ3n) is 1.73. The van der Waals surface area contributed by atoms with Crippen molar-refractivity contribution in [3.8, 4) is 0 Å². The molecule has 0 aromatic heterocycles. The van der Waals surface area contributed by atoms with Crippen molar-refractivity contribution in [2.75, 3.05) is 0 Å². The van der Waals surface area contributed by atoms with Crippen LogP contribution in [-0.4, -0.2) is 9.76 Å². The molecule has 0 spiro atoms. The molecule has 0 fully saturated rings. The molecular weight excluding hydrogens is 140 g/mol. The zero-order chi connectivity index (χ0) is 7.23. The predicted octanol–water partition coefficient (Wildman–Crippen LogP) is 2.52. The van der Waals surface area contributed by atoms with Crippen LogP contribution >= 0.6 is 0 Å². The molecule has 0 saturated carbocycles. The summed E-state index contributed by atoms with van der Waals surface area (Å²) in [5, 5.41) is 0. The molecule has 1 aliphatic rings. The lowest BCUT2D eigenvalue weighted by atomic mass is 10.2. The second-order valence-corrected chi connectivity index (χ2v) is 3.19. The molecule has 0 unspecified atom stereocenters. The lowest BCUT2D eigenvalue weighted by molar-refractivity contribution is 0.426. The Hall–Kier alpha value is -0.243. The Morgan fingerprint density at radius 2 is 2.30 bits per heavy atom. The summed E-state index contributed by atoms with van der Waals surface area (Å²) in [4.78, 5) is 0. The van der Waals surface area contributed by atoms with Gasteiger partial charge in [-0.2, -0.15) is 0 Å². The fraction of sp³-hybridized carbons (Fsp3) is 0.750. The summed E-state index contributed by atoms with van der Waals surface area (Å²) in [7, 11) is 0.617. The molecule has 0 aromatic carbocycles. The first-order valence-corrected chi connectivity index (χ1v) is 5.37. The first-order valence-electron chi connectivity index (χ1n) is 3.96. The largest absolute Gasteiger partial charge is 0.544 e. The topological polar surface area (TPSA) is 9.23 Å². The smallest absolute Gasteiger partial charge is 0.306 e. The Bertz CT molecular complexity index is 120. The summed E-state index contributed by atoms with van der Waals surface area (Å²) in [6, 6.07) is 0. The van der Waals surface area contributed by atoms with E-state index in [0.29, 0.717) is 9.76 Å². The summed E-state index contributed by atoms with van der Waals surface area (Å²) in [6.45, 7) is 2.08. The van der Waals surface area contributed by atoms with Crippen LogP contribution in [0.3, 0.4) is 0 Å². The molecule has 1 rings (SSSR count). The molecule has 1 aliphatic carbocycles. The van der Waals surface area contributed by atoms with Gasteiger partial charge in [-0.1, -0.05) is 6.42 Å². The number of hydrogen-bond donors (Lipinski definition) is 0. The Kier molecular flexibility index (Phi) is 3.58. The molecule has 2 heteroatoms. The monoisotopic (exact) mass is 154 g/mol. The van der Waals surface area contributed by atoms with Gasteiger partial charge in [-0.3, -0.25) is 0 Å². The van der Waals surface area contributed by atoms with Crippen molar-refractivity contribution in [2.24, 2.45) is 0 Å². The Labute approximate surface area is 65.4 Å². The standard InChI is InChI=1S/C8H14OSi/c1-10-9-8-6-4-2-3-5-7-8/h6H,2-5,7H2,1H3. The fourth-order valence-electron chi connectivity index (χ4n) is 1.21. The average Bonchev–Trinajstić information content (AvgIpc) is 2.17. The molecule has 2 radical (unpaired) electrons. The maximum Gasteiger partial charge on any atom is 0.306 e. The van der Waals surface area contributed by atoms with Crippen LogP contribution in [0.25, 0.3) is 0 Å². The summed E-state index contributed by atoms with van der Waals surface area (Å²) >= 11 is 0. The number of hydrogen-bond acceptors (Lipinski definition) is 1. The van der Waals surface area contributed by atoms with E-state index in [1.54, 1.807) is 0 Å². The molecular formula is C8H14OSi. The van der Waals surface area contributed by atoms with Gasteiger partial charge in [0.25, 0.3) is 0 Å². The molecule has 0 N–H and O–H groups in total. The van der Waals surface area contributed by atoms with Gasteiger partial charge in [0.2, 0.25) is 0 Å². The molecule has 1 nitrogen and oxygen atoms in total. The van der Waals surface area contributed by atoms with Gasteiger partial charge < -0.3 is 4.43 Å². The van der Waals surface area contributed by atoms with Crippen LogP contribution in [0.15, 0.2) is 11.8 Å². The van der Waals surface area contributed by atoms with Crippen molar-refractivity contribution in [1.29, 1.82) is 0 Å². The zero-order valence-electron chi connectivity index (χ0n) is 6.52. The van der Waals surface area contributed by atoms with Crippen LogP contribution in [0.5, 0.6) is 0 Å². The molecule has 0 saturated heterocycles. The van der Waals surface area contributed by atoms with Crippen LogP contribution < -0.4 is 0 Å². The molecule has 0 atom stereocenters. The highest BCUT2D eigenvalue weighted by molar-refractivity contribution is 6.25. The molecule has 10 heavy (non-hydrogen) atoms. The van der Waals surface area contributed by atoms with Gasteiger partial charge in [-0.25, -0.2) is 0 Å². The SMILES string of the molecule is C[Si]OC1=CCCCCC1. The third kappa shape index (κ3) is 2.56. The maximum absolute atomic E-state index is 5.45. The Morgan fingerprint density at radius 1 is 1.40 bits per heavy atom. The van der Waals surface area contributed by atoms with Crippen molar-refractivity contribution in [2.45, 2.75) is 38.7 Å². The lowest BCUT2D eigenvalue weighted by Gasteiger charge is -2.04. The van der Waals surface area contributed by atoms with Gasteiger partial charge in [0.1, 0.15) is 0 Å². The van der Waals surface area contributed by atoms with E-state index in [1.807, 2.05) is 0 Å². The van der Waals surface area contributed by atoms with E-state index in [9.17, 15) is 0 Å². The third-order valence-corrected chi connectivity index (χ3v) is 2.20. The first-order chi connectivity index (χ1) is 4.93. The normalized spacial score (nSPS) is 19.5. The molecule has 0 aromatic rings. The minimum absolute atomic E-state index is 0.617. The van der Waals surface area contributed by atoms with Crippen LogP contribution in [0.4, 0.5) is 0 Å². The van der Waals surface area contributed by atoms with Crippen LogP contribution in [0.1, 0.15) is 32.1 Å². The highest BCUT2D eigenvalue weighted by Gasteiger charge is 2.01. The van der Waals surface area contributed by atoms with E-state index >= 15 is 0 Å². The van der Waals surface area contributed by atoms with Crippen molar-refractivity contribution >= 4 is 9.76 Å². The maximum atomic E-state index is 5.45. The van der Waals surface area contributed by atoms with E-state index in [1.165, 1.54) is 37.9 Å². The van der Waals surface area contributed by atoms with Crippen molar-refractivity contribution in [3.05, 3.63) is 11.8 Å². The average molecular weight is 154 g/mol. The van der Waals surface area contributed by atoms with Gasteiger partial charge >= 0.3 is 9.76 Å². The Morgan fingerprint density at radius 3 is 3.10 bits per heavy atom. The number of allylic oxidation sites excluding steroid dienone is 2. The van der Waals surface area contributed by atoms with Crippen LogP contribution in [0.2, 0.25) is 6.55 Å². The van der Waals surface area contributed by atoms with Crippen LogP contribution in [-0.2, 0) is 4.43 Å². The first kappa shape index (κ1) is 7.86. The van der Waals surface area contributed by atoms with Gasteiger partial charge in [-0.15, -0.1) is 0 Å². The summed E-state index contributed by atoms with van der Waals surface area (Å²) in [5.41, 5.74) is 0. The van der Waals surface area contributed by atoms with Crippen molar-refractivity contribution in [3.63, 3.8) is 0 Å². The fourth-order valence-corrected chi connectivity index (χ4v) is 1.66. The molecule has 0 bridgehead atoms. The van der Waals surface area contributed by atoms with E-state index in [2.05, 4.69) is 12.6 Å². The highest BCUT2D eigenvalue weighted by Crippen LogP contribution is 2.17. The number of rotatable bonds is 2. The predicted molar refractivity (Wildman–Crippen MR) is 43.9 cm³/mol. The molecule has 56 valence electrons. The summed E-state index contributed by atoms with van der Waals surface area (Å²) in [6.07, 6.45) is 8.68. The quantitative estimate of drug-likeness (QED) is 0.555. The van der Waals surface area contributed by atoms with E-state index in [0.717, 1.165) is 0 Å². The van der Waals surface area contributed by atoms with Gasteiger partial charge in [0.15, 0.2) is 0 Å². The van der Waals surface area contributed by atoms with Crippen molar-refractivity contribution in [1.82, 2.24) is 0 Å². The van der Waals surface area contributed by atoms with Crippen molar-refractivity contribution < 1.29 is 4.43 Å². The second-order valence-electron chi connectivity index (χ2n) is 2.58.